The minimum Gasteiger partial charge on any atom is -0.461 e. The summed E-state index contributed by atoms with van der Waals surface area (Å²) in [6.45, 7) is 1.93. The molecule has 1 aromatic carbocycles. The van der Waals surface area contributed by atoms with E-state index < -0.39 is 5.97 Å². The van der Waals surface area contributed by atoms with Crippen LogP contribution in [0.1, 0.15) is 23.0 Å². The number of halogens is 1. The summed E-state index contributed by atoms with van der Waals surface area (Å²) in [5.41, 5.74) is 0.863. The van der Waals surface area contributed by atoms with Gasteiger partial charge < -0.3 is 4.74 Å². The van der Waals surface area contributed by atoms with Crippen molar-refractivity contribution in [3.05, 3.63) is 46.7 Å². The van der Waals surface area contributed by atoms with Crippen LogP contribution in [0.4, 0.5) is 0 Å². The number of nitriles is 1. The molecule has 0 spiro atoms. The predicted octanol–water partition coefficient (Wildman–Crippen LogP) is 2.57. The molecule has 0 saturated carbocycles. The predicted molar refractivity (Wildman–Crippen MR) is 69.2 cm³/mol. The zero-order valence-electron chi connectivity index (χ0n) is 10.1. The average molecular weight is 276 g/mol. The zero-order chi connectivity index (χ0) is 13.8. The molecule has 0 radical (unpaired) electrons. The van der Waals surface area contributed by atoms with Crippen LogP contribution in [0.2, 0.25) is 5.02 Å². The van der Waals surface area contributed by atoms with Crippen LogP contribution in [0.25, 0.3) is 5.69 Å². The lowest BCUT2D eigenvalue weighted by Crippen LogP contribution is -2.13. The summed E-state index contributed by atoms with van der Waals surface area (Å²) in [6, 6.07) is 8.76. The maximum absolute atomic E-state index is 11.9. The molecule has 2 rings (SSSR count). The first-order valence-electron chi connectivity index (χ1n) is 5.58. The Kier molecular flexibility index (Phi) is 3.83. The third-order valence-corrected chi connectivity index (χ3v) is 2.65. The quantitative estimate of drug-likeness (QED) is 0.808. The van der Waals surface area contributed by atoms with Gasteiger partial charge in [-0.3, -0.25) is 0 Å². The van der Waals surface area contributed by atoms with Crippen molar-refractivity contribution in [3.8, 4) is 11.8 Å². The number of carbonyl (C=O) groups is 1. The molecule has 96 valence electrons. The zero-order valence-corrected chi connectivity index (χ0v) is 10.9. The normalized spacial score (nSPS) is 9.95. The summed E-state index contributed by atoms with van der Waals surface area (Å²) in [5, 5.41) is 13.6. The highest BCUT2D eigenvalue weighted by molar-refractivity contribution is 6.30. The van der Waals surface area contributed by atoms with Crippen LogP contribution in [-0.4, -0.2) is 22.4 Å². The van der Waals surface area contributed by atoms with E-state index in [1.807, 2.05) is 6.07 Å². The smallest absolute Gasteiger partial charge is 0.358 e. The van der Waals surface area contributed by atoms with Crippen LogP contribution in [0.15, 0.2) is 30.5 Å². The first-order valence-corrected chi connectivity index (χ1v) is 5.96. The van der Waals surface area contributed by atoms with E-state index in [1.54, 1.807) is 31.2 Å². The van der Waals surface area contributed by atoms with Gasteiger partial charge >= 0.3 is 5.97 Å². The van der Waals surface area contributed by atoms with E-state index in [9.17, 15) is 4.79 Å². The molecule has 6 heteroatoms. The highest BCUT2D eigenvalue weighted by Gasteiger charge is 2.20. The van der Waals surface area contributed by atoms with E-state index in [1.165, 1.54) is 10.9 Å². The third kappa shape index (κ3) is 2.59. The number of rotatable bonds is 3. The van der Waals surface area contributed by atoms with Gasteiger partial charge in [-0.2, -0.15) is 10.4 Å². The summed E-state index contributed by atoms with van der Waals surface area (Å²) in [4.78, 5) is 11.9. The van der Waals surface area contributed by atoms with Crippen LogP contribution < -0.4 is 0 Å². The van der Waals surface area contributed by atoms with Crippen molar-refractivity contribution >= 4 is 17.6 Å². The number of hydrogen-bond acceptors (Lipinski definition) is 4. The monoisotopic (exact) mass is 275 g/mol. The van der Waals surface area contributed by atoms with Gasteiger partial charge in [0.1, 0.15) is 11.6 Å². The van der Waals surface area contributed by atoms with Gasteiger partial charge in [0, 0.05) is 5.02 Å². The molecule has 0 bridgehead atoms. The lowest BCUT2D eigenvalue weighted by Gasteiger charge is -2.07. The fraction of sp³-hybridized carbons (Fsp3) is 0.154. The van der Waals surface area contributed by atoms with Crippen LogP contribution >= 0.6 is 11.6 Å². The van der Waals surface area contributed by atoms with Crippen LogP contribution in [0.5, 0.6) is 0 Å². The van der Waals surface area contributed by atoms with Crippen molar-refractivity contribution in [3.63, 3.8) is 0 Å². The Morgan fingerprint density at radius 1 is 1.58 bits per heavy atom. The standard InChI is InChI=1S/C13H10ClN3O2/c1-2-19-13(18)12-9(7-15)8-16-17(12)11-5-3-4-10(14)6-11/h3-6,8H,2H2,1H3. The molecular formula is C13H10ClN3O2. The van der Waals surface area contributed by atoms with E-state index in [2.05, 4.69) is 5.10 Å². The van der Waals surface area contributed by atoms with Gasteiger partial charge in [-0.15, -0.1) is 0 Å². The van der Waals surface area contributed by atoms with Crippen molar-refractivity contribution in [2.75, 3.05) is 6.61 Å². The number of nitrogens with zero attached hydrogens (tertiary/aromatic N) is 3. The molecule has 1 aromatic heterocycles. The fourth-order valence-electron chi connectivity index (χ4n) is 1.63. The average Bonchev–Trinajstić information content (AvgIpc) is 2.82. The molecule has 1 heterocycles. The summed E-state index contributed by atoms with van der Waals surface area (Å²) >= 11 is 5.91. The van der Waals surface area contributed by atoms with Crippen molar-refractivity contribution in [2.45, 2.75) is 6.92 Å². The highest BCUT2D eigenvalue weighted by atomic mass is 35.5. The number of aromatic nitrogens is 2. The maximum atomic E-state index is 11.9. The summed E-state index contributed by atoms with van der Waals surface area (Å²) in [7, 11) is 0. The molecule has 0 aliphatic heterocycles. The Hall–Kier alpha value is -2.32. The first kappa shape index (κ1) is 13.1. The van der Waals surface area contributed by atoms with Gasteiger partial charge in [-0.05, 0) is 25.1 Å². The SMILES string of the molecule is CCOC(=O)c1c(C#N)cnn1-c1cccc(Cl)c1. The summed E-state index contributed by atoms with van der Waals surface area (Å²) in [5.74, 6) is -0.587. The third-order valence-electron chi connectivity index (χ3n) is 2.41. The topological polar surface area (TPSA) is 67.9 Å². The maximum Gasteiger partial charge on any atom is 0.358 e. The largest absolute Gasteiger partial charge is 0.461 e. The summed E-state index contributed by atoms with van der Waals surface area (Å²) in [6.07, 6.45) is 1.33. The number of carbonyl (C=O) groups excluding carboxylic acids is 1. The van der Waals surface area contributed by atoms with Crippen LogP contribution in [-0.2, 0) is 4.74 Å². The van der Waals surface area contributed by atoms with Crippen molar-refractivity contribution in [1.29, 1.82) is 5.26 Å². The molecule has 19 heavy (non-hydrogen) atoms. The van der Waals surface area contributed by atoms with Crippen LogP contribution in [0, 0.1) is 11.3 Å². The lowest BCUT2D eigenvalue weighted by molar-refractivity contribution is 0.0515. The van der Waals surface area contributed by atoms with Crippen molar-refractivity contribution in [2.24, 2.45) is 0 Å². The second kappa shape index (κ2) is 5.55. The molecule has 0 aliphatic carbocycles. The minimum atomic E-state index is -0.587. The number of hydrogen-bond donors (Lipinski definition) is 0. The molecule has 0 N–H and O–H groups in total. The molecule has 0 saturated heterocycles. The van der Waals surface area contributed by atoms with Gasteiger partial charge in [0.05, 0.1) is 18.5 Å². The lowest BCUT2D eigenvalue weighted by atomic mass is 10.2. The second-order valence-electron chi connectivity index (χ2n) is 3.63. The molecular weight excluding hydrogens is 266 g/mol. The number of ether oxygens (including phenoxy) is 1. The van der Waals surface area contributed by atoms with E-state index in [0.717, 1.165) is 0 Å². The van der Waals surface area contributed by atoms with E-state index in [4.69, 9.17) is 21.6 Å². The number of benzene rings is 1. The Morgan fingerprint density at radius 3 is 3.00 bits per heavy atom. The van der Waals surface area contributed by atoms with E-state index in [-0.39, 0.29) is 17.9 Å². The first-order chi connectivity index (χ1) is 9.17. The molecule has 0 aliphatic rings. The number of esters is 1. The summed E-state index contributed by atoms with van der Waals surface area (Å²) < 4.78 is 6.29. The van der Waals surface area contributed by atoms with Crippen molar-refractivity contribution in [1.82, 2.24) is 9.78 Å². The molecule has 0 fully saturated rings. The fourth-order valence-corrected chi connectivity index (χ4v) is 1.81. The van der Waals surface area contributed by atoms with Gasteiger partial charge in [-0.25, -0.2) is 9.48 Å². The highest BCUT2D eigenvalue weighted by Crippen LogP contribution is 2.18. The molecule has 0 unspecified atom stereocenters. The molecule has 5 nitrogen and oxygen atoms in total. The van der Waals surface area contributed by atoms with Crippen molar-refractivity contribution < 1.29 is 9.53 Å². The van der Waals surface area contributed by atoms with Gasteiger partial charge in [0.2, 0.25) is 0 Å². The van der Waals surface area contributed by atoms with E-state index >= 15 is 0 Å². The second-order valence-corrected chi connectivity index (χ2v) is 4.07. The Balaban J connectivity index is 2.56. The Morgan fingerprint density at radius 2 is 2.37 bits per heavy atom. The van der Waals surface area contributed by atoms with Crippen LogP contribution in [0.3, 0.4) is 0 Å². The Labute approximate surface area is 115 Å². The van der Waals surface area contributed by atoms with Gasteiger partial charge in [0.15, 0.2) is 5.69 Å². The molecule has 0 amide bonds. The van der Waals surface area contributed by atoms with Gasteiger partial charge in [-0.1, -0.05) is 17.7 Å². The molecule has 0 atom stereocenters. The van der Waals surface area contributed by atoms with E-state index in [0.29, 0.717) is 10.7 Å². The molecule has 2 aromatic rings. The minimum absolute atomic E-state index is 0.103. The van der Waals surface area contributed by atoms with Gasteiger partial charge in [0.25, 0.3) is 0 Å². The Bertz CT molecular complexity index is 658.